The minimum absolute atomic E-state index is 0.217. The quantitative estimate of drug-likeness (QED) is 0.326. The molecule has 4 rings (SSSR count). The maximum absolute atomic E-state index is 9.78. The van der Waals surface area contributed by atoms with Crippen molar-refractivity contribution in [3.8, 4) is 5.75 Å². The summed E-state index contributed by atoms with van der Waals surface area (Å²) in [5.74, 6) is -0.372. The van der Waals surface area contributed by atoms with Crippen molar-refractivity contribution in [3.05, 3.63) is 50.9 Å². The standard InChI is InChI=1S/C17H14BrCl2N3O.C4H10O2/c18-14-7-23(17-15(14)16(20)21-8-22-17)12-2-1-9(4-12)10-3-11(19)6-13(24)5-10;1-4(2,5)6-3/h3,5-9,12,24H,1-2,4H2;5H,1-3H3. The maximum atomic E-state index is 9.78. The number of hydrogen-bond acceptors (Lipinski definition) is 5. The van der Waals surface area contributed by atoms with E-state index < -0.39 is 5.79 Å². The van der Waals surface area contributed by atoms with Crippen molar-refractivity contribution in [1.82, 2.24) is 14.5 Å². The van der Waals surface area contributed by atoms with Gasteiger partial charge in [0.15, 0.2) is 5.79 Å². The van der Waals surface area contributed by atoms with Gasteiger partial charge in [-0.05, 0) is 78.7 Å². The number of fused-ring (bicyclic) bond motifs is 1. The highest BCUT2D eigenvalue weighted by Crippen LogP contribution is 2.44. The van der Waals surface area contributed by atoms with Crippen molar-refractivity contribution in [2.75, 3.05) is 7.11 Å². The summed E-state index contributed by atoms with van der Waals surface area (Å²) in [6.45, 7) is 3.15. The Hall–Kier alpha value is -1.38. The number of aromatic hydroxyl groups is 1. The van der Waals surface area contributed by atoms with E-state index >= 15 is 0 Å². The van der Waals surface area contributed by atoms with Crippen LogP contribution in [0.4, 0.5) is 0 Å². The van der Waals surface area contributed by atoms with Gasteiger partial charge < -0.3 is 19.5 Å². The molecule has 0 radical (unpaired) electrons. The predicted molar refractivity (Wildman–Crippen MR) is 122 cm³/mol. The molecular weight excluding hydrogens is 493 g/mol. The highest BCUT2D eigenvalue weighted by Gasteiger charge is 2.29. The van der Waals surface area contributed by atoms with Crippen molar-refractivity contribution in [2.45, 2.75) is 50.9 Å². The van der Waals surface area contributed by atoms with Crippen molar-refractivity contribution >= 4 is 50.2 Å². The predicted octanol–water partition coefficient (Wildman–Crippen LogP) is 6.08. The molecule has 2 aromatic heterocycles. The van der Waals surface area contributed by atoms with Gasteiger partial charge in [-0.3, -0.25) is 0 Å². The molecular formula is C21H24BrCl2N3O3. The van der Waals surface area contributed by atoms with E-state index in [0.717, 1.165) is 40.3 Å². The lowest BCUT2D eigenvalue weighted by Gasteiger charge is -2.15. The third-order valence-corrected chi connectivity index (χ3v) is 6.30. The Balaban J connectivity index is 0.000000377. The molecule has 0 amide bonds. The van der Waals surface area contributed by atoms with Crippen LogP contribution < -0.4 is 0 Å². The average molecular weight is 517 g/mol. The summed E-state index contributed by atoms with van der Waals surface area (Å²) in [7, 11) is 1.46. The lowest BCUT2D eigenvalue weighted by molar-refractivity contribution is -0.155. The van der Waals surface area contributed by atoms with Crippen molar-refractivity contribution in [1.29, 1.82) is 0 Å². The molecule has 0 aliphatic heterocycles. The summed E-state index contributed by atoms with van der Waals surface area (Å²) in [6, 6.07) is 5.64. The number of aliphatic hydroxyl groups is 1. The average Bonchev–Trinajstić information content (AvgIpc) is 3.26. The molecule has 1 aromatic carbocycles. The van der Waals surface area contributed by atoms with Crippen LogP contribution in [0.15, 0.2) is 35.2 Å². The number of hydrogen-bond donors (Lipinski definition) is 2. The normalized spacial score (nSPS) is 19.0. The van der Waals surface area contributed by atoms with Gasteiger partial charge in [-0.15, -0.1) is 0 Å². The minimum Gasteiger partial charge on any atom is -0.508 e. The number of aromatic nitrogens is 3. The lowest BCUT2D eigenvalue weighted by Crippen LogP contribution is -2.20. The fourth-order valence-electron chi connectivity index (χ4n) is 3.63. The fraction of sp³-hybridized carbons (Fsp3) is 0.429. The molecule has 6 nitrogen and oxygen atoms in total. The third kappa shape index (κ3) is 5.45. The van der Waals surface area contributed by atoms with E-state index in [1.807, 2.05) is 18.3 Å². The van der Waals surface area contributed by atoms with Gasteiger partial charge in [-0.25, -0.2) is 9.97 Å². The number of phenolic OH excluding ortho intramolecular Hbond substituents is 1. The van der Waals surface area contributed by atoms with Crippen LogP contribution in [0.1, 0.15) is 50.6 Å². The molecule has 1 aliphatic carbocycles. The second-order valence-corrected chi connectivity index (χ2v) is 9.45. The molecule has 1 saturated carbocycles. The second kappa shape index (κ2) is 9.40. The molecule has 2 unspecified atom stereocenters. The summed E-state index contributed by atoms with van der Waals surface area (Å²) in [4.78, 5) is 8.47. The van der Waals surface area contributed by atoms with E-state index in [-0.39, 0.29) is 5.75 Å². The summed E-state index contributed by atoms with van der Waals surface area (Å²) in [6.07, 6.45) is 6.58. The van der Waals surface area contributed by atoms with Gasteiger partial charge >= 0.3 is 0 Å². The first-order chi connectivity index (χ1) is 14.1. The smallest absolute Gasteiger partial charge is 0.159 e. The molecule has 2 atom stereocenters. The third-order valence-electron chi connectivity index (χ3n) is 5.19. The number of rotatable bonds is 3. The van der Waals surface area contributed by atoms with Gasteiger partial charge in [-0.2, -0.15) is 0 Å². The zero-order valence-corrected chi connectivity index (χ0v) is 20.0. The van der Waals surface area contributed by atoms with Crippen LogP contribution in [0, 0.1) is 0 Å². The molecule has 0 spiro atoms. The summed E-state index contributed by atoms with van der Waals surface area (Å²) >= 11 is 15.8. The Morgan fingerprint density at radius 3 is 2.53 bits per heavy atom. The number of methoxy groups -OCH3 is 1. The summed E-state index contributed by atoms with van der Waals surface area (Å²) < 4.78 is 7.58. The first kappa shape index (κ1) is 23.3. The van der Waals surface area contributed by atoms with Gasteiger partial charge in [0, 0.05) is 28.8 Å². The van der Waals surface area contributed by atoms with Gasteiger partial charge in [0.05, 0.1) is 5.39 Å². The number of phenols is 1. The topological polar surface area (TPSA) is 80.4 Å². The van der Waals surface area contributed by atoms with E-state index in [1.165, 1.54) is 13.4 Å². The first-order valence-corrected chi connectivity index (χ1v) is 11.1. The Morgan fingerprint density at radius 2 is 1.90 bits per heavy atom. The number of benzene rings is 1. The van der Waals surface area contributed by atoms with Crippen molar-refractivity contribution in [3.63, 3.8) is 0 Å². The molecule has 0 saturated heterocycles. The van der Waals surface area contributed by atoms with E-state index in [0.29, 0.717) is 22.1 Å². The van der Waals surface area contributed by atoms with Gasteiger partial charge in [0.25, 0.3) is 0 Å². The van der Waals surface area contributed by atoms with Crippen LogP contribution in [0.2, 0.25) is 10.2 Å². The molecule has 2 heterocycles. The monoisotopic (exact) mass is 515 g/mol. The molecule has 3 aromatic rings. The molecule has 162 valence electrons. The Kier molecular flexibility index (Phi) is 7.30. The van der Waals surface area contributed by atoms with Crippen LogP contribution in [-0.2, 0) is 4.74 Å². The molecule has 1 fully saturated rings. The van der Waals surface area contributed by atoms with E-state index in [1.54, 1.807) is 19.9 Å². The van der Waals surface area contributed by atoms with Gasteiger partial charge in [0.2, 0.25) is 0 Å². The van der Waals surface area contributed by atoms with Crippen LogP contribution in [0.25, 0.3) is 11.0 Å². The van der Waals surface area contributed by atoms with Crippen LogP contribution in [0.5, 0.6) is 5.75 Å². The van der Waals surface area contributed by atoms with E-state index in [4.69, 9.17) is 28.3 Å². The zero-order chi connectivity index (χ0) is 22.1. The van der Waals surface area contributed by atoms with Crippen molar-refractivity contribution < 1.29 is 14.9 Å². The van der Waals surface area contributed by atoms with Crippen molar-refractivity contribution in [2.24, 2.45) is 0 Å². The molecule has 0 bridgehead atoms. The lowest BCUT2D eigenvalue weighted by atomic mass is 9.97. The highest BCUT2D eigenvalue weighted by molar-refractivity contribution is 9.10. The number of ether oxygens (including phenoxy) is 1. The SMILES string of the molecule is COC(C)(C)O.Oc1cc(Cl)cc(C2CCC(n3cc(Br)c4c(Cl)ncnc43)C2)c1. The molecule has 9 heteroatoms. The summed E-state index contributed by atoms with van der Waals surface area (Å²) in [5, 5.41) is 20.3. The summed E-state index contributed by atoms with van der Waals surface area (Å²) in [5.41, 5.74) is 1.94. The first-order valence-electron chi connectivity index (χ1n) is 9.52. The largest absolute Gasteiger partial charge is 0.508 e. The van der Waals surface area contributed by atoms with Crippen LogP contribution >= 0.6 is 39.1 Å². The van der Waals surface area contributed by atoms with Crippen LogP contribution in [0.3, 0.4) is 0 Å². The highest BCUT2D eigenvalue weighted by atomic mass is 79.9. The van der Waals surface area contributed by atoms with Gasteiger partial charge in [0.1, 0.15) is 22.9 Å². The molecule has 1 aliphatic rings. The Bertz CT molecular complexity index is 1020. The number of nitrogens with zero attached hydrogens (tertiary/aromatic N) is 3. The van der Waals surface area contributed by atoms with Gasteiger partial charge in [-0.1, -0.05) is 23.2 Å². The molecule has 2 N–H and O–H groups in total. The van der Waals surface area contributed by atoms with E-state index in [9.17, 15) is 5.11 Å². The minimum atomic E-state index is -0.958. The Morgan fingerprint density at radius 1 is 1.20 bits per heavy atom. The Labute approximate surface area is 193 Å². The van der Waals surface area contributed by atoms with Crippen LogP contribution in [-0.4, -0.2) is 37.6 Å². The second-order valence-electron chi connectivity index (χ2n) is 7.80. The maximum Gasteiger partial charge on any atom is 0.159 e. The fourth-order valence-corrected chi connectivity index (χ4v) is 4.80. The zero-order valence-electron chi connectivity index (χ0n) is 16.9. The molecule has 30 heavy (non-hydrogen) atoms. The van der Waals surface area contributed by atoms with E-state index in [2.05, 4.69) is 35.2 Å². The number of halogens is 3.